The van der Waals surface area contributed by atoms with Crippen molar-refractivity contribution in [3.63, 3.8) is 0 Å². The first-order valence-electron chi connectivity index (χ1n) is 7.58. The van der Waals surface area contributed by atoms with Crippen molar-refractivity contribution in [2.75, 3.05) is 47.3 Å². The Bertz CT molecular complexity index is 378. The third-order valence-electron chi connectivity index (χ3n) is 3.18. The Morgan fingerprint density at radius 3 is 2.13 bits per heavy atom. The van der Waals surface area contributed by atoms with Crippen molar-refractivity contribution in [3.05, 3.63) is 5.32 Å². The molecule has 0 aliphatic heterocycles. The molecule has 0 aliphatic rings. The third-order valence-corrected chi connectivity index (χ3v) is 3.18. The van der Waals surface area contributed by atoms with Crippen LogP contribution in [0.1, 0.15) is 26.7 Å². The van der Waals surface area contributed by atoms with Crippen molar-refractivity contribution in [1.82, 2.24) is 15.1 Å². The van der Waals surface area contributed by atoms with Gasteiger partial charge < -0.3 is 20.4 Å². The number of carbonyl (C=O) groups is 3. The molecule has 0 aromatic heterocycles. The van der Waals surface area contributed by atoms with Crippen molar-refractivity contribution in [2.45, 2.75) is 26.7 Å². The number of nitrogens with one attached hydrogen (secondary N) is 1. The Kier molecular flexibility index (Phi) is 16.0. The molecule has 7 nitrogen and oxygen atoms in total. The molecular weight excluding hydrogens is 370 g/mol. The molecule has 0 atom stereocenters. The Hall–Kier alpha value is 0.175. The summed E-state index contributed by atoms with van der Waals surface area (Å²) in [5.41, 5.74) is 0. The monoisotopic (exact) mass is 398 g/mol. The van der Waals surface area contributed by atoms with Gasteiger partial charge in [-0.1, -0.05) is 20.4 Å². The Morgan fingerprint density at radius 1 is 1.04 bits per heavy atom. The van der Waals surface area contributed by atoms with E-state index >= 15 is 0 Å². The van der Waals surface area contributed by atoms with Crippen LogP contribution in [0.25, 0.3) is 5.32 Å². The minimum absolute atomic E-state index is 0. The molecular formula is C15H29N4O3Rb. The van der Waals surface area contributed by atoms with E-state index in [1.807, 2.05) is 0 Å². The van der Waals surface area contributed by atoms with E-state index in [0.717, 1.165) is 12.8 Å². The van der Waals surface area contributed by atoms with Crippen LogP contribution >= 0.6 is 0 Å². The molecule has 0 saturated heterocycles. The smallest absolute Gasteiger partial charge is 0.657 e. The summed E-state index contributed by atoms with van der Waals surface area (Å²) >= 11 is 0. The maximum absolute atomic E-state index is 11.9. The number of nitrogens with zero attached hydrogens (tertiary/aromatic N) is 3. The average molecular weight is 399 g/mol. The van der Waals surface area contributed by atoms with Crippen molar-refractivity contribution in [2.24, 2.45) is 5.92 Å². The predicted molar refractivity (Wildman–Crippen MR) is 86.5 cm³/mol. The van der Waals surface area contributed by atoms with Crippen molar-refractivity contribution in [1.29, 1.82) is 0 Å². The van der Waals surface area contributed by atoms with Crippen LogP contribution in [0.5, 0.6) is 0 Å². The zero-order valence-corrected chi connectivity index (χ0v) is 20.3. The molecule has 0 aromatic rings. The second-order valence-corrected chi connectivity index (χ2v) is 5.86. The SMILES string of the molecule is C[N-]CC(=O)N(C)CC(=O)N(C)CC(=O)NCCCC(C)C.[Rb+]. The molecule has 0 unspecified atom stereocenters. The van der Waals surface area contributed by atoms with Crippen LogP contribution in [0.2, 0.25) is 0 Å². The zero-order chi connectivity index (χ0) is 17.1. The zero-order valence-electron chi connectivity index (χ0n) is 15.4. The second kappa shape index (κ2) is 14.5. The van der Waals surface area contributed by atoms with Gasteiger partial charge in [-0.25, -0.2) is 0 Å². The van der Waals surface area contributed by atoms with E-state index in [9.17, 15) is 14.4 Å². The number of carbonyl (C=O) groups excluding carboxylic acids is 3. The van der Waals surface area contributed by atoms with E-state index in [2.05, 4.69) is 24.5 Å². The average Bonchev–Trinajstić information content (AvgIpc) is 2.43. The summed E-state index contributed by atoms with van der Waals surface area (Å²) < 4.78 is 0. The van der Waals surface area contributed by atoms with Crippen LogP contribution in [-0.4, -0.2) is 74.8 Å². The first-order valence-corrected chi connectivity index (χ1v) is 7.58. The maximum Gasteiger partial charge on any atom is 1.00 e. The number of amides is 3. The Balaban J connectivity index is 0. The molecule has 128 valence electrons. The van der Waals surface area contributed by atoms with Gasteiger partial charge in [0.05, 0.1) is 13.1 Å². The van der Waals surface area contributed by atoms with Crippen LogP contribution in [0, 0.1) is 5.92 Å². The fraction of sp³-hybridized carbons (Fsp3) is 0.800. The van der Waals surface area contributed by atoms with Gasteiger partial charge in [-0.3, -0.25) is 14.4 Å². The molecule has 0 aliphatic carbocycles. The standard InChI is InChI=1S/C15H29N4O3.Rb/c1-12(2)7-6-8-17-13(20)10-18(4)15(22)11-19(5)14(21)9-16-3;/h12H,6-11H2,1-5H3,(H,17,20);/q-1;+1. The normalized spacial score (nSPS) is 10.0. The molecule has 0 heterocycles. The van der Waals surface area contributed by atoms with Gasteiger partial charge in [0, 0.05) is 20.6 Å². The van der Waals surface area contributed by atoms with E-state index in [1.54, 1.807) is 21.1 Å². The molecule has 3 amide bonds. The maximum atomic E-state index is 11.9. The van der Waals surface area contributed by atoms with Gasteiger partial charge in [0.1, 0.15) is 0 Å². The molecule has 0 spiro atoms. The van der Waals surface area contributed by atoms with Crippen LogP contribution in [0.3, 0.4) is 0 Å². The Labute approximate surface area is 188 Å². The topological polar surface area (TPSA) is 83.8 Å². The van der Waals surface area contributed by atoms with E-state index in [1.165, 1.54) is 9.80 Å². The van der Waals surface area contributed by atoms with Gasteiger partial charge in [0.25, 0.3) is 0 Å². The number of likely N-dealkylation sites (N-methyl/N-ethyl adjacent to an activating group) is 3. The summed E-state index contributed by atoms with van der Waals surface area (Å²) in [6, 6.07) is 0. The summed E-state index contributed by atoms with van der Waals surface area (Å²) in [7, 11) is 4.65. The van der Waals surface area contributed by atoms with Crippen LogP contribution < -0.4 is 63.5 Å². The molecule has 0 saturated carbocycles. The van der Waals surface area contributed by atoms with Crippen LogP contribution in [-0.2, 0) is 14.4 Å². The fourth-order valence-corrected chi connectivity index (χ4v) is 1.77. The van der Waals surface area contributed by atoms with Gasteiger partial charge in [-0.2, -0.15) is 7.05 Å². The van der Waals surface area contributed by atoms with Crippen molar-refractivity contribution >= 4 is 17.7 Å². The second-order valence-electron chi connectivity index (χ2n) is 5.86. The van der Waals surface area contributed by atoms with E-state index in [4.69, 9.17) is 0 Å². The van der Waals surface area contributed by atoms with Crippen LogP contribution in [0.15, 0.2) is 0 Å². The van der Waals surface area contributed by atoms with Gasteiger partial charge >= 0.3 is 58.2 Å². The van der Waals surface area contributed by atoms with E-state index in [-0.39, 0.29) is 95.5 Å². The number of hydrogen-bond acceptors (Lipinski definition) is 3. The molecule has 0 radical (unpaired) electrons. The molecule has 1 N–H and O–H groups in total. The predicted octanol–water partition coefficient (Wildman–Crippen LogP) is -2.54. The van der Waals surface area contributed by atoms with Crippen molar-refractivity contribution < 1.29 is 72.6 Å². The largest absolute Gasteiger partial charge is 1.00 e. The molecule has 0 bridgehead atoms. The van der Waals surface area contributed by atoms with E-state index < -0.39 is 0 Å². The van der Waals surface area contributed by atoms with Gasteiger partial charge in [-0.05, 0) is 18.8 Å². The minimum Gasteiger partial charge on any atom is -0.657 e. The summed E-state index contributed by atoms with van der Waals surface area (Å²) in [6.07, 6.45) is 1.99. The minimum atomic E-state index is -0.274. The summed E-state index contributed by atoms with van der Waals surface area (Å²) in [6.45, 7) is 4.90. The number of rotatable bonds is 10. The van der Waals surface area contributed by atoms with Crippen LogP contribution in [0.4, 0.5) is 0 Å². The molecule has 23 heavy (non-hydrogen) atoms. The molecule has 0 fully saturated rings. The fourth-order valence-electron chi connectivity index (χ4n) is 1.77. The van der Waals surface area contributed by atoms with E-state index in [0.29, 0.717) is 12.5 Å². The summed E-state index contributed by atoms with van der Waals surface area (Å²) in [5.74, 6) is -0.0621. The quantitative estimate of drug-likeness (QED) is 0.412. The first-order chi connectivity index (χ1) is 10.3. The van der Waals surface area contributed by atoms with Gasteiger partial charge in [0.2, 0.25) is 17.7 Å². The van der Waals surface area contributed by atoms with Crippen molar-refractivity contribution in [3.8, 4) is 0 Å². The summed E-state index contributed by atoms with van der Waals surface area (Å²) in [4.78, 5) is 37.8. The number of hydrogen-bond donors (Lipinski definition) is 1. The van der Waals surface area contributed by atoms with Gasteiger partial charge in [-0.15, -0.1) is 0 Å². The molecule has 8 heteroatoms. The van der Waals surface area contributed by atoms with Gasteiger partial charge in [0.15, 0.2) is 0 Å². The Morgan fingerprint density at radius 2 is 1.61 bits per heavy atom. The first kappa shape index (κ1) is 25.4. The molecule has 0 aromatic carbocycles. The summed E-state index contributed by atoms with van der Waals surface area (Å²) in [5, 5.41) is 6.52. The molecule has 0 rings (SSSR count). The third kappa shape index (κ3) is 13.2.